The maximum atomic E-state index is 11.6. The first-order chi connectivity index (χ1) is 8.15. The van der Waals surface area contributed by atoms with Crippen molar-refractivity contribution in [2.45, 2.75) is 25.8 Å². The third-order valence-corrected chi connectivity index (χ3v) is 2.40. The fraction of sp³-hybridized carbons (Fsp3) is 0.308. The van der Waals surface area contributed by atoms with E-state index in [9.17, 15) is 4.79 Å². The van der Waals surface area contributed by atoms with E-state index in [1.54, 1.807) is 24.3 Å². The molecule has 1 aromatic carbocycles. The number of nitrogens with one attached hydrogen (secondary N) is 2. The van der Waals surface area contributed by atoms with E-state index in [4.69, 9.17) is 18.0 Å². The number of carbonyl (C=O) groups is 1. The Morgan fingerprint density at radius 1 is 1.59 bits per heavy atom. The minimum absolute atomic E-state index is 0.237. The van der Waals surface area contributed by atoms with Crippen LogP contribution in [0.15, 0.2) is 24.3 Å². The number of urea groups is 1. The van der Waals surface area contributed by atoms with Crippen molar-refractivity contribution in [1.29, 1.82) is 0 Å². The van der Waals surface area contributed by atoms with Crippen LogP contribution in [0.25, 0.3) is 0 Å². The summed E-state index contributed by atoms with van der Waals surface area (Å²) in [5.74, 6) is 2.53. The zero-order chi connectivity index (χ0) is 12.7. The molecule has 1 atom stereocenters. The minimum Gasteiger partial charge on any atom is -0.324 e. The molecule has 0 aliphatic rings. The Morgan fingerprint density at radius 3 is 2.94 bits per heavy atom. The highest BCUT2D eigenvalue weighted by Crippen LogP contribution is 2.14. The SMILES string of the molecule is C#CC(CCC)NC(=O)Nc1cccc(Cl)c1. The monoisotopic (exact) mass is 250 g/mol. The highest BCUT2D eigenvalue weighted by Gasteiger charge is 2.08. The molecule has 1 rings (SSSR count). The highest BCUT2D eigenvalue weighted by atomic mass is 35.5. The number of terminal acetylenes is 1. The fourth-order valence-corrected chi connectivity index (χ4v) is 1.57. The van der Waals surface area contributed by atoms with Crippen LogP contribution in [0.3, 0.4) is 0 Å². The lowest BCUT2D eigenvalue weighted by Crippen LogP contribution is -2.36. The van der Waals surface area contributed by atoms with Crippen molar-refractivity contribution in [3.8, 4) is 12.3 Å². The Labute approximate surface area is 107 Å². The van der Waals surface area contributed by atoms with E-state index in [1.807, 2.05) is 6.92 Å². The Balaban J connectivity index is 2.52. The molecule has 0 heterocycles. The number of halogens is 1. The van der Waals surface area contributed by atoms with Crippen LogP contribution in [0.2, 0.25) is 5.02 Å². The van der Waals surface area contributed by atoms with Gasteiger partial charge in [-0.25, -0.2) is 4.79 Å². The van der Waals surface area contributed by atoms with Gasteiger partial charge in [0.15, 0.2) is 0 Å². The topological polar surface area (TPSA) is 41.1 Å². The molecule has 2 N–H and O–H groups in total. The number of anilines is 1. The van der Waals surface area contributed by atoms with Crippen LogP contribution in [0.5, 0.6) is 0 Å². The molecule has 90 valence electrons. The summed E-state index contributed by atoms with van der Waals surface area (Å²) in [6, 6.07) is 6.39. The molecule has 0 fully saturated rings. The molecule has 0 aromatic heterocycles. The van der Waals surface area contributed by atoms with Gasteiger partial charge in [0.2, 0.25) is 0 Å². The fourth-order valence-electron chi connectivity index (χ4n) is 1.38. The van der Waals surface area contributed by atoms with E-state index in [0.717, 1.165) is 12.8 Å². The van der Waals surface area contributed by atoms with Crippen molar-refractivity contribution in [2.75, 3.05) is 5.32 Å². The number of amides is 2. The van der Waals surface area contributed by atoms with Gasteiger partial charge in [-0.3, -0.25) is 0 Å². The van der Waals surface area contributed by atoms with Gasteiger partial charge in [0.05, 0.1) is 6.04 Å². The van der Waals surface area contributed by atoms with Gasteiger partial charge < -0.3 is 10.6 Å². The Hall–Kier alpha value is -1.66. The minimum atomic E-state index is -0.316. The largest absolute Gasteiger partial charge is 0.324 e. The van der Waals surface area contributed by atoms with E-state index in [-0.39, 0.29) is 12.1 Å². The molecule has 17 heavy (non-hydrogen) atoms. The highest BCUT2D eigenvalue weighted by molar-refractivity contribution is 6.30. The van der Waals surface area contributed by atoms with Gasteiger partial charge in [-0.2, -0.15) is 0 Å². The Bertz CT molecular complexity index is 426. The number of rotatable bonds is 4. The molecule has 1 aromatic rings. The van der Waals surface area contributed by atoms with Gasteiger partial charge in [-0.1, -0.05) is 36.9 Å². The summed E-state index contributed by atoms with van der Waals surface area (Å²) in [4.78, 5) is 11.6. The molecule has 1 unspecified atom stereocenters. The molecule has 0 bridgehead atoms. The van der Waals surface area contributed by atoms with Crippen LogP contribution in [0.4, 0.5) is 10.5 Å². The van der Waals surface area contributed by atoms with Crippen molar-refractivity contribution in [3.63, 3.8) is 0 Å². The third-order valence-electron chi connectivity index (χ3n) is 2.17. The summed E-state index contributed by atoms with van der Waals surface area (Å²) in [7, 11) is 0. The van der Waals surface area contributed by atoms with Crippen LogP contribution in [-0.2, 0) is 0 Å². The van der Waals surface area contributed by atoms with Gasteiger partial charge in [0.25, 0.3) is 0 Å². The van der Waals surface area contributed by atoms with Crippen molar-refractivity contribution in [1.82, 2.24) is 5.32 Å². The Kier molecular flexibility index (Phi) is 5.38. The Morgan fingerprint density at radius 2 is 2.35 bits per heavy atom. The van der Waals surface area contributed by atoms with E-state index < -0.39 is 0 Å². The van der Waals surface area contributed by atoms with Gasteiger partial charge in [0.1, 0.15) is 0 Å². The molecular weight excluding hydrogens is 236 g/mol. The van der Waals surface area contributed by atoms with E-state index in [0.29, 0.717) is 10.7 Å². The summed E-state index contributed by atoms with van der Waals surface area (Å²) in [6.45, 7) is 2.01. The van der Waals surface area contributed by atoms with Crippen LogP contribution >= 0.6 is 11.6 Å². The number of hydrogen-bond donors (Lipinski definition) is 2. The first kappa shape index (κ1) is 13.4. The van der Waals surface area contributed by atoms with Crippen LogP contribution in [0, 0.1) is 12.3 Å². The van der Waals surface area contributed by atoms with Crippen LogP contribution < -0.4 is 10.6 Å². The van der Waals surface area contributed by atoms with Crippen molar-refractivity contribution in [3.05, 3.63) is 29.3 Å². The zero-order valence-corrected chi connectivity index (χ0v) is 10.4. The summed E-state index contributed by atoms with van der Waals surface area (Å²) in [5, 5.41) is 5.96. The molecule has 0 aliphatic heterocycles. The van der Waals surface area contributed by atoms with E-state index in [1.165, 1.54) is 0 Å². The first-order valence-corrected chi connectivity index (χ1v) is 5.82. The maximum absolute atomic E-state index is 11.6. The second-order valence-electron chi connectivity index (χ2n) is 3.62. The van der Waals surface area contributed by atoms with Crippen molar-refractivity contribution < 1.29 is 4.79 Å². The normalized spacial score (nSPS) is 11.4. The summed E-state index contributed by atoms with van der Waals surface area (Å²) < 4.78 is 0. The standard InChI is InChI=1S/C13H15ClN2O/c1-3-6-11(4-2)15-13(17)16-12-8-5-7-10(14)9-12/h2,5,7-9,11H,3,6H2,1H3,(H2,15,16,17). The summed E-state index contributed by atoms with van der Waals surface area (Å²) in [6.07, 6.45) is 7.00. The smallest absolute Gasteiger partial charge is 0.320 e. The van der Waals surface area contributed by atoms with Gasteiger partial charge >= 0.3 is 6.03 Å². The van der Waals surface area contributed by atoms with Crippen molar-refractivity contribution >= 4 is 23.3 Å². The van der Waals surface area contributed by atoms with Gasteiger partial charge in [0, 0.05) is 10.7 Å². The molecule has 0 saturated carbocycles. The molecular formula is C13H15ClN2O. The molecule has 4 heteroatoms. The summed E-state index contributed by atoms with van der Waals surface area (Å²) in [5.41, 5.74) is 0.641. The second-order valence-corrected chi connectivity index (χ2v) is 4.05. The first-order valence-electron chi connectivity index (χ1n) is 5.45. The van der Waals surface area contributed by atoms with E-state index in [2.05, 4.69) is 16.6 Å². The summed E-state index contributed by atoms with van der Waals surface area (Å²) >= 11 is 5.81. The quantitative estimate of drug-likeness (QED) is 0.792. The van der Waals surface area contributed by atoms with Crippen LogP contribution in [0.1, 0.15) is 19.8 Å². The number of benzene rings is 1. The lowest BCUT2D eigenvalue weighted by atomic mass is 10.2. The second kappa shape index (κ2) is 6.82. The van der Waals surface area contributed by atoms with Crippen LogP contribution in [-0.4, -0.2) is 12.1 Å². The molecule has 2 amide bonds. The maximum Gasteiger partial charge on any atom is 0.320 e. The molecule has 0 spiro atoms. The van der Waals surface area contributed by atoms with Gasteiger partial charge in [-0.15, -0.1) is 6.42 Å². The van der Waals surface area contributed by atoms with Crippen molar-refractivity contribution in [2.24, 2.45) is 0 Å². The number of hydrogen-bond acceptors (Lipinski definition) is 1. The molecule has 0 saturated heterocycles. The van der Waals surface area contributed by atoms with E-state index >= 15 is 0 Å². The average Bonchev–Trinajstić information content (AvgIpc) is 2.28. The molecule has 0 aliphatic carbocycles. The molecule has 3 nitrogen and oxygen atoms in total. The lowest BCUT2D eigenvalue weighted by Gasteiger charge is -2.13. The zero-order valence-electron chi connectivity index (χ0n) is 9.66. The lowest BCUT2D eigenvalue weighted by molar-refractivity contribution is 0.250. The third kappa shape index (κ3) is 4.80. The average molecular weight is 251 g/mol. The predicted molar refractivity (Wildman–Crippen MR) is 71.1 cm³/mol. The van der Waals surface area contributed by atoms with Gasteiger partial charge in [-0.05, 0) is 24.6 Å². The predicted octanol–water partition coefficient (Wildman–Crippen LogP) is 3.26. The number of carbonyl (C=O) groups excluding carboxylic acids is 1. The molecule has 0 radical (unpaired) electrons.